The van der Waals surface area contributed by atoms with Crippen LogP contribution in [0.3, 0.4) is 0 Å². The molecule has 0 aromatic carbocycles. The molecular weight excluding hydrogens is 260 g/mol. The minimum Gasteiger partial charge on any atom is -0.465 e. The van der Waals surface area contributed by atoms with Crippen LogP contribution < -0.4 is 5.32 Å². The maximum absolute atomic E-state index is 12.0. The molecule has 0 amide bonds. The standard InChI is InChI=1S/C14H22N2O2S/c1-6-8-15-11(12(17)18-7-2)10-9-19-13(16-10)14(3,4)5/h6,9,11,15H,1,7-8H2,2-5H3. The molecule has 0 bridgehead atoms. The normalized spacial score (nSPS) is 13.1. The zero-order chi connectivity index (χ0) is 14.5. The van der Waals surface area contributed by atoms with Crippen molar-refractivity contribution in [3.05, 3.63) is 28.7 Å². The van der Waals surface area contributed by atoms with E-state index in [1.807, 2.05) is 5.38 Å². The van der Waals surface area contributed by atoms with Crippen LogP contribution in [-0.4, -0.2) is 24.1 Å². The van der Waals surface area contributed by atoms with Crippen molar-refractivity contribution in [1.29, 1.82) is 0 Å². The Kier molecular flexibility index (Phi) is 5.69. The zero-order valence-electron chi connectivity index (χ0n) is 12.0. The number of carbonyl (C=O) groups excluding carboxylic acids is 1. The lowest BCUT2D eigenvalue weighted by Gasteiger charge is -2.16. The molecule has 1 aromatic rings. The molecule has 0 spiro atoms. The SMILES string of the molecule is C=CCNC(C(=O)OCC)c1csc(C(C)(C)C)n1. The van der Waals surface area contributed by atoms with Crippen LogP contribution in [0.5, 0.6) is 0 Å². The maximum Gasteiger partial charge on any atom is 0.329 e. The van der Waals surface area contributed by atoms with Crippen LogP contribution in [-0.2, 0) is 14.9 Å². The maximum atomic E-state index is 12.0. The van der Waals surface area contributed by atoms with Gasteiger partial charge in [-0.05, 0) is 6.92 Å². The highest BCUT2D eigenvalue weighted by Crippen LogP contribution is 2.28. The molecule has 0 aliphatic carbocycles. The summed E-state index contributed by atoms with van der Waals surface area (Å²) in [6.07, 6.45) is 1.71. The van der Waals surface area contributed by atoms with E-state index in [9.17, 15) is 4.79 Å². The lowest BCUT2D eigenvalue weighted by atomic mass is 9.98. The fourth-order valence-corrected chi connectivity index (χ4v) is 2.43. The fourth-order valence-electron chi connectivity index (χ4n) is 1.50. The number of aromatic nitrogens is 1. The summed E-state index contributed by atoms with van der Waals surface area (Å²) >= 11 is 1.57. The molecule has 0 aliphatic rings. The molecule has 0 radical (unpaired) electrons. The molecule has 0 aliphatic heterocycles. The van der Waals surface area contributed by atoms with Crippen molar-refractivity contribution in [2.45, 2.75) is 39.2 Å². The van der Waals surface area contributed by atoms with Crippen molar-refractivity contribution in [2.24, 2.45) is 0 Å². The van der Waals surface area contributed by atoms with Crippen LogP contribution in [0.4, 0.5) is 0 Å². The van der Waals surface area contributed by atoms with Crippen LogP contribution in [0.1, 0.15) is 44.4 Å². The number of nitrogens with one attached hydrogen (secondary N) is 1. The van der Waals surface area contributed by atoms with Gasteiger partial charge in [0.05, 0.1) is 17.3 Å². The van der Waals surface area contributed by atoms with E-state index >= 15 is 0 Å². The van der Waals surface area contributed by atoms with E-state index in [1.165, 1.54) is 0 Å². The summed E-state index contributed by atoms with van der Waals surface area (Å²) in [7, 11) is 0. The average Bonchev–Trinajstić information content (AvgIpc) is 2.79. The van der Waals surface area contributed by atoms with Gasteiger partial charge in [-0.1, -0.05) is 26.8 Å². The first kappa shape index (κ1) is 15.9. The first-order valence-corrected chi connectivity index (χ1v) is 7.25. The third-order valence-electron chi connectivity index (χ3n) is 2.45. The number of ether oxygens (including phenoxy) is 1. The Labute approximate surface area is 118 Å². The molecule has 0 saturated heterocycles. The zero-order valence-corrected chi connectivity index (χ0v) is 12.8. The van der Waals surface area contributed by atoms with Crippen LogP contribution in [0.25, 0.3) is 0 Å². The summed E-state index contributed by atoms with van der Waals surface area (Å²) in [6, 6.07) is -0.523. The van der Waals surface area contributed by atoms with Gasteiger partial charge in [-0.3, -0.25) is 5.32 Å². The molecule has 1 unspecified atom stereocenters. The van der Waals surface area contributed by atoms with Crippen molar-refractivity contribution < 1.29 is 9.53 Å². The average molecular weight is 282 g/mol. The van der Waals surface area contributed by atoms with Crippen molar-refractivity contribution in [3.8, 4) is 0 Å². The highest BCUT2D eigenvalue weighted by Gasteiger charge is 2.26. The van der Waals surface area contributed by atoms with Gasteiger partial charge in [0.1, 0.15) is 6.04 Å². The van der Waals surface area contributed by atoms with Crippen LogP contribution in [0.2, 0.25) is 0 Å². The Bertz CT molecular complexity index is 435. The first-order chi connectivity index (χ1) is 8.90. The molecule has 1 aromatic heterocycles. The third-order valence-corrected chi connectivity index (χ3v) is 3.73. The second kappa shape index (κ2) is 6.82. The van der Waals surface area contributed by atoms with Gasteiger partial charge in [-0.2, -0.15) is 0 Å². The summed E-state index contributed by atoms with van der Waals surface area (Å²) in [6.45, 7) is 12.6. The van der Waals surface area contributed by atoms with Crippen LogP contribution in [0, 0.1) is 0 Å². The van der Waals surface area contributed by atoms with Crippen molar-refractivity contribution in [3.63, 3.8) is 0 Å². The van der Waals surface area contributed by atoms with Crippen molar-refractivity contribution in [2.75, 3.05) is 13.2 Å². The molecule has 4 nitrogen and oxygen atoms in total. The number of thiazole rings is 1. The van der Waals surface area contributed by atoms with Gasteiger partial charge in [0.15, 0.2) is 0 Å². The van der Waals surface area contributed by atoms with E-state index in [4.69, 9.17) is 4.74 Å². The third kappa shape index (κ3) is 4.44. The van der Waals surface area contributed by atoms with Crippen molar-refractivity contribution >= 4 is 17.3 Å². The molecule has 19 heavy (non-hydrogen) atoms. The Balaban J connectivity index is 2.93. The number of hydrogen-bond donors (Lipinski definition) is 1. The van der Waals surface area contributed by atoms with Gasteiger partial charge < -0.3 is 4.74 Å². The van der Waals surface area contributed by atoms with E-state index in [-0.39, 0.29) is 11.4 Å². The molecule has 1 N–H and O–H groups in total. The largest absolute Gasteiger partial charge is 0.465 e. The van der Waals surface area contributed by atoms with Gasteiger partial charge in [0.2, 0.25) is 0 Å². The summed E-state index contributed by atoms with van der Waals surface area (Å²) < 4.78 is 5.08. The van der Waals surface area contributed by atoms with Gasteiger partial charge >= 0.3 is 5.97 Å². The van der Waals surface area contributed by atoms with E-state index in [0.717, 1.165) is 10.7 Å². The quantitative estimate of drug-likeness (QED) is 0.644. The summed E-state index contributed by atoms with van der Waals surface area (Å²) in [4.78, 5) is 16.5. The van der Waals surface area contributed by atoms with E-state index in [2.05, 4.69) is 37.7 Å². The number of carbonyl (C=O) groups is 1. The monoisotopic (exact) mass is 282 g/mol. The topological polar surface area (TPSA) is 51.2 Å². The number of nitrogens with zero attached hydrogens (tertiary/aromatic N) is 1. The minimum atomic E-state index is -0.523. The Hall–Kier alpha value is -1.20. The summed E-state index contributed by atoms with van der Waals surface area (Å²) in [5.74, 6) is -0.296. The Morgan fingerprint density at radius 3 is 2.79 bits per heavy atom. The van der Waals surface area contributed by atoms with E-state index in [1.54, 1.807) is 24.3 Å². The lowest BCUT2D eigenvalue weighted by Crippen LogP contribution is -2.30. The molecule has 0 saturated carbocycles. The van der Waals surface area contributed by atoms with Gasteiger partial charge in [-0.15, -0.1) is 17.9 Å². The fraction of sp³-hybridized carbons (Fsp3) is 0.571. The highest BCUT2D eigenvalue weighted by atomic mass is 32.1. The Morgan fingerprint density at radius 1 is 1.63 bits per heavy atom. The number of esters is 1. The Morgan fingerprint density at radius 2 is 2.32 bits per heavy atom. The van der Waals surface area contributed by atoms with Gasteiger partial charge in [0, 0.05) is 17.3 Å². The molecule has 1 heterocycles. The molecule has 1 atom stereocenters. The lowest BCUT2D eigenvalue weighted by molar-refractivity contribution is -0.145. The molecule has 0 fully saturated rings. The summed E-state index contributed by atoms with van der Waals surface area (Å²) in [5, 5.41) is 6.01. The molecule has 1 rings (SSSR count). The van der Waals surface area contributed by atoms with E-state index in [0.29, 0.717) is 13.2 Å². The predicted molar refractivity (Wildman–Crippen MR) is 78.4 cm³/mol. The second-order valence-corrected chi connectivity index (χ2v) is 6.07. The highest BCUT2D eigenvalue weighted by molar-refractivity contribution is 7.09. The molecule has 106 valence electrons. The number of hydrogen-bond acceptors (Lipinski definition) is 5. The number of rotatable bonds is 6. The molecule has 5 heteroatoms. The van der Waals surface area contributed by atoms with Gasteiger partial charge in [0.25, 0.3) is 0 Å². The van der Waals surface area contributed by atoms with E-state index < -0.39 is 6.04 Å². The smallest absolute Gasteiger partial charge is 0.329 e. The summed E-state index contributed by atoms with van der Waals surface area (Å²) in [5.41, 5.74) is 0.704. The second-order valence-electron chi connectivity index (χ2n) is 5.21. The van der Waals surface area contributed by atoms with Crippen LogP contribution in [0.15, 0.2) is 18.0 Å². The predicted octanol–water partition coefficient (Wildman–Crippen LogP) is 2.82. The minimum absolute atomic E-state index is 0.0133. The molecular formula is C14H22N2O2S. The van der Waals surface area contributed by atoms with Crippen molar-refractivity contribution in [1.82, 2.24) is 10.3 Å². The van der Waals surface area contributed by atoms with Gasteiger partial charge in [-0.25, -0.2) is 9.78 Å². The van der Waals surface area contributed by atoms with Crippen LogP contribution >= 0.6 is 11.3 Å². The first-order valence-electron chi connectivity index (χ1n) is 6.37.